The first-order valence-electron chi connectivity index (χ1n) is 8.20. The van der Waals surface area contributed by atoms with Crippen LogP contribution in [0.1, 0.15) is 26.4 Å². The molecule has 7 heteroatoms. The number of ether oxygens (including phenoxy) is 1. The summed E-state index contributed by atoms with van der Waals surface area (Å²) in [4.78, 5) is 32.0. The molecule has 0 aliphatic carbocycles. The average Bonchev–Trinajstić information content (AvgIpc) is 2.70. The van der Waals surface area contributed by atoms with Gasteiger partial charge in [0.1, 0.15) is 17.8 Å². The second kappa shape index (κ2) is 8.09. The van der Waals surface area contributed by atoms with Crippen molar-refractivity contribution in [3.8, 4) is 0 Å². The van der Waals surface area contributed by atoms with E-state index in [4.69, 9.17) is 0 Å². The third-order valence-electron chi connectivity index (χ3n) is 3.79. The van der Waals surface area contributed by atoms with Crippen molar-refractivity contribution >= 4 is 29.1 Å². The van der Waals surface area contributed by atoms with E-state index < -0.39 is 5.97 Å². The maximum Gasteiger partial charge on any atom is 0.337 e. The first-order valence-corrected chi connectivity index (χ1v) is 8.20. The number of aromatic nitrogens is 2. The molecule has 2 aromatic carbocycles. The summed E-state index contributed by atoms with van der Waals surface area (Å²) in [5, 5.41) is 5.87. The van der Waals surface area contributed by atoms with Gasteiger partial charge < -0.3 is 15.4 Å². The van der Waals surface area contributed by atoms with Crippen molar-refractivity contribution in [3.63, 3.8) is 0 Å². The van der Waals surface area contributed by atoms with Crippen molar-refractivity contribution in [2.75, 3.05) is 17.7 Å². The lowest BCUT2D eigenvalue weighted by molar-refractivity contribution is 0.0600. The topological polar surface area (TPSA) is 93.2 Å². The van der Waals surface area contributed by atoms with Crippen LogP contribution in [-0.4, -0.2) is 29.0 Å². The van der Waals surface area contributed by atoms with E-state index in [0.717, 1.165) is 5.56 Å². The second-order valence-electron chi connectivity index (χ2n) is 5.80. The van der Waals surface area contributed by atoms with Crippen LogP contribution in [0.4, 0.5) is 17.2 Å². The van der Waals surface area contributed by atoms with Crippen molar-refractivity contribution in [1.82, 2.24) is 9.97 Å². The summed E-state index contributed by atoms with van der Waals surface area (Å²) in [5.74, 6) is -0.270. The fraction of sp³-hybridized carbons (Fsp3) is 0.100. The van der Waals surface area contributed by atoms with Crippen molar-refractivity contribution in [3.05, 3.63) is 77.7 Å². The Morgan fingerprint density at radius 3 is 2.26 bits per heavy atom. The van der Waals surface area contributed by atoms with E-state index in [9.17, 15) is 9.59 Å². The highest BCUT2D eigenvalue weighted by Gasteiger charge is 2.10. The van der Waals surface area contributed by atoms with Gasteiger partial charge in [0.15, 0.2) is 0 Å². The number of aryl methyl sites for hydroxylation is 1. The Morgan fingerprint density at radius 2 is 1.59 bits per heavy atom. The largest absolute Gasteiger partial charge is 0.465 e. The van der Waals surface area contributed by atoms with E-state index in [-0.39, 0.29) is 11.6 Å². The van der Waals surface area contributed by atoms with E-state index in [0.29, 0.717) is 22.8 Å². The van der Waals surface area contributed by atoms with Crippen LogP contribution in [-0.2, 0) is 4.74 Å². The Balaban J connectivity index is 1.70. The molecular weight excluding hydrogens is 344 g/mol. The monoisotopic (exact) mass is 362 g/mol. The van der Waals surface area contributed by atoms with E-state index in [1.807, 2.05) is 31.2 Å². The fourth-order valence-corrected chi connectivity index (χ4v) is 2.34. The molecule has 0 radical (unpaired) electrons. The number of amides is 1. The van der Waals surface area contributed by atoms with Gasteiger partial charge in [-0.1, -0.05) is 17.7 Å². The number of anilines is 3. The summed E-state index contributed by atoms with van der Waals surface area (Å²) < 4.78 is 4.67. The zero-order chi connectivity index (χ0) is 19.2. The smallest absolute Gasteiger partial charge is 0.337 e. The van der Waals surface area contributed by atoms with Crippen LogP contribution < -0.4 is 10.6 Å². The molecule has 0 atom stereocenters. The van der Waals surface area contributed by atoms with Crippen molar-refractivity contribution in [2.45, 2.75) is 6.92 Å². The maximum absolute atomic E-state index is 12.4. The number of carbonyl (C=O) groups is 2. The van der Waals surface area contributed by atoms with Crippen molar-refractivity contribution in [1.29, 1.82) is 0 Å². The van der Waals surface area contributed by atoms with Crippen LogP contribution >= 0.6 is 0 Å². The average molecular weight is 362 g/mol. The quantitative estimate of drug-likeness (QED) is 0.674. The number of hydrogen-bond acceptors (Lipinski definition) is 6. The molecular formula is C20H18N4O3. The van der Waals surface area contributed by atoms with Crippen LogP contribution in [0, 0.1) is 6.92 Å². The minimum absolute atomic E-state index is 0.235. The molecule has 2 N–H and O–H groups in total. The van der Waals surface area contributed by atoms with Crippen LogP contribution in [0.2, 0.25) is 0 Å². The Hall–Kier alpha value is -3.74. The van der Waals surface area contributed by atoms with Crippen molar-refractivity contribution in [2.24, 2.45) is 0 Å². The number of hydrogen-bond donors (Lipinski definition) is 2. The van der Waals surface area contributed by atoms with Crippen molar-refractivity contribution < 1.29 is 14.3 Å². The van der Waals surface area contributed by atoms with E-state index in [1.54, 1.807) is 30.3 Å². The molecule has 0 saturated heterocycles. The van der Waals surface area contributed by atoms with E-state index in [1.165, 1.54) is 13.4 Å². The Bertz CT molecular complexity index is 954. The summed E-state index contributed by atoms with van der Waals surface area (Å²) in [7, 11) is 1.33. The molecule has 0 bridgehead atoms. The Morgan fingerprint density at radius 1 is 0.926 bits per heavy atom. The van der Waals surface area contributed by atoms with Gasteiger partial charge in [-0.15, -0.1) is 0 Å². The van der Waals surface area contributed by atoms with Gasteiger partial charge in [-0.05, 0) is 43.3 Å². The lowest BCUT2D eigenvalue weighted by atomic mass is 10.2. The standard InChI is InChI=1S/C20H18N4O3/c1-13-3-7-16(8-4-13)24-19(25)17-11-18(22-12-21-17)23-15-9-5-14(6-10-15)20(26)27-2/h3-12H,1-2H3,(H,24,25)(H,21,22,23). The number of carbonyl (C=O) groups excluding carboxylic acids is 2. The first-order chi connectivity index (χ1) is 13.0. The van der Waals surface area contributed by atoms with Gasteiger partial charge in [0.05, 0.1) is 12.7 Å². The molecule has 27 heavy (non-hydrogen) atoms. The normalized spacial score (nSPS) is 10.1. The SMILES string of the molecule is COC(=O)c1ccc(Nc2cc(C(=O)Nc3ccc(C)cc3)ncn2)cc1. The van der Waals surface area contributed by atoms with Crippen LogP contribution in [0.25, 0.3) is 0 Å². The number of nitrogens with one attached hydrogen (secondary N) is 2. The number of rotatable bonds is 5. The van der Waals surface area contributed by atoms with Crippen LogP contribution in [0.15, 0.2) is 60.9 Å². The lowest BCUT2D eigenvalue weighted by Gasteiger charge is -2.08. The van der Waals surface area contributed by atoms with Gasteiger partial charge in [0, 0.05) is 17.4 Å². The minimum atomic E-state index is -0.404. The van der Waals surface area contributed by atoms with Crippen LogP contribution in [0.3, 0.4) is 0 Å². The molecule has 3 rings (SSSR count). The fourth-order valence-electron chi connectivity index (χ4n) is 2.34. The summed E-state index contributed by atoms with van der Waals surface area (Å²) in [6, 6.07) is 15.8. The third-order valence-corrected chi connectivity index (χ3v) is 3.79. The number of esters is 1. The van der Waals surface area contributed by atoms with Gasteiger partial charge in [-0.2, -0.15) is 0 Å². The van der Waals surface area contributed by atoms with Gasteiger partial charge in [-0.25, -0.2) is 14.8 Å². The highest BCUT2D eigenvalue weighted by Crippen LogP contribution is 2.17. The molecule has 1 amide bonds. The highest BCUT2D eigenvalue weighted by atomic mass is 16.5. The summed E-state index contributed by atoms with van der Waals surface area (Å²) in [6.45, 7) is 1.98. The summed E-state index contributed by atoms with van der Waals surface area (Å²) in [5.41, 5.74) is 3.20. The number of methoxy groups -OCH3 is 1. The first kappa shape index (κ1) is 18.1. The molecule has 7 nitrogen and oxygen atoms in total. The third kappa shape index (κ3) is 4.66. The van der Waals surface area contributed by atoms with Gasteiger partial charge in [0.25, 0.3) is 5.91 Å². The second-order valence-corrected chi connectivity index (χ2v) is 5.80. The number of benzene rings is 2. The van der Waals surface area contributed by atoms with Gasteiger partial charge in [0.2, 0.25) is 0 Å². The maximum atomic E-state index is 12.4. The summed E-state index contributed by atoms with van der Waals surface area (Å²) >= 11 is 0. The van der Waals surface area contributed by atoms with Crippen LogP contribution in [0.5, 0.6) is 0 Å². The summed E-state index contributed by atoms with van der Waals surface area (Å²) in [6.07, 6.45) is 1.31. The molecule has 0 saturated carbocycles. The molecule has 0 aliphatic rings. The molecule has 0 fully saturated rings. The van der Waals surface area contributed by atoms with Gasteiger partial charge in [-0.3, -0.25) is 4.79 Å². The van der Waals surface area contributed by atoms with E-state index >= 15 is 0 Å². The molecule has 0 spiro atoms. The zero-order valence-corrected chi connectivity index (χ0v) is 14.9. The molecule has 0 unspecified atom stereocenters. The molecule has 136 valence electrons. The molecule has 1 heterocycles. The Labute approximate surface area is 156 Å². The minimum Gasteiger partial charge on any atom is -0.465 e. The predicted molar refractivity (Wildman–Crippen MR) is 102 cm³/mol. The molecule has 3 aromatic rings. The lowest BCUT2D eigenvalue weighted by Crippen LogP contribution is -2.14. The number of nitrogens with zero attached hydrogens (tertiary/aromatic N) is 2. The molecule has 0 aliphatic heterocycles. The highest BCUT2D eigenvalue weighted by molar-refractivity contribution is 6.03. The van der Waals surface area contributed by atoms with E-state index in [2.05, 4.69) is 25.3 Å². The molecule has 1 aromatic heterocycles. The Kier molecular flexibility index (Phi) is 5.41. The zero-order valence-electron chi connectivity index (χ0n) is 14.9. The van der Waals surface area contributed by atoms with Gasteiger partial charge >= 0.3 is 5.97 Å². The predicted octanol–water partition coefficient (Wildman–Crippen LogP) is 3.57.